The van der Waals surface area contributed by atoms with Gasteiger partial charge in [-0.2, -0.15) is 5.26 Å². The van der Waals surface area contributed by atoms with Crippen LogP contribution in [-0.4, -0.2) is 47.1 Å². The number of carbonyl (C=O) groups excluding carboxylic acids is 1. The summed E-state index contributed by atoms with van der Waals surface area (Å²) in [7, 11) is 0. The van der Waals surface area contributed by atoms with Crippen molar-refractivity contribution in [3.05, 3.63) is 46.2 Å². The topological polar surface area (TPSA) is 82.6 Å². The van der Waals surface area contributed by atoms with Crippen LogP contribution in [0.5, 0.6) is 0 Å². The summed E-state index contributed by atoms with van der Waals surface area (Å²) in [5.74, 6) is 1.05. The fourth-order valence-electron chi connectivity index (χ4n) is 5.52. The number of aryl methyl sites for hydroxylation is 1. The Morgan fingerprint density at radius 3 is 2.65 bits per heavy atom. The van der Waals surface area contributed by atoms with Crippen LogP contribution in [0.25, 0.3) is 0 Å². The molecule has 0 N–H and O–H groups in total. The summed E-state index contributed by atoms with van der Waals surface area (Å²) >= 11 is 0. The van der Waals surface area contributed by atoms with Crippen LogP contribution in [0.4, 0.5) is 5.69 Å². The smallest absolute Gasteiger partial charge is 0.291 e. The number of anilines is 1. The van der Waals surface area contributed by atoms with Gasteiger partial charge >= 0.3 is 0 Å². The van der Waals surface area contributed by atoms with Gasteiger partial charge in [-0.15, -0.1) is 0 Å². The zero-order chi connectivity index (χ0) is 24.2. The average Bonchev–Trinajstić information content (AvgIpc) is 3.56. The molecular weight excluding hydrogens is 428 g/mol. The van der Waals surface area contributed by atoms with Crippen molar-refractivity contribution in [1.29, 1.82) is 5.26 Å². The molecule has 1 aromatic carbocycles. The van der Waals surface area contributed by atoms with Crippen LogP contribution in [0.3, 0.4) is 0 Å². The van der Waals surface area contributed by atoms with E-state index in [1.807, 2.05) is 4.90 Å². The third-order valence-corrected chi connectivity index (χ3v) is 7.63. The van der Waals surface area contributed by atoms with Crippen LogP contribution < -0.4 is 4.90 Å². The number of fused-ring (bicyclic) bond motifs is 1. The Morgan fingerprint density at radius 2 is 2.03 bits per heavy atom. The molecular formula is C27H34N4O3. The summed E-state index contributed by atoms with van der Waals surface area (Å²) in [6, 6.07) is 4.82. The van der Waals surface area contributed by atoms with Crippen LogP contribution >= 0.6 is 0 Å². The van der Waals surface area contributed by atoms with Gasteiger partial charge in [0.2, 0.25) is 5.76 Å². The standard InChI is InChI=1S/C27H34N4O3/c1-16(2)24-13-30(8-9-31(24)26(32)25-17(3)29-15-33-25)23-10-19(18-6-7-18)22-14-34-27(4,5)11-20(22)21(23)12-28/h10,15-16,18,24H,6-9,11,13-14H2,1-5H3/t24-/m0/s1. The quantitative estimate of drug-likeness (QED) is 0.662. The minimum atomic E-state index is -0.279. The summed E-state index contributed by atoms with van der Waals surface area (Å²) in [6.07, 6.45) is 4.49. The number of ether oxygens (including phenoxy) is 1. The molecule has 2 fully saturated rings. The van der Waals surface area contributed by atoms with E-state index in [0.29, 0.717) is 43.6 Å². The number of carbonyl (C=O) groups is 1. The SMILES string of the molecule is Cc1ncoc1C(=O)N1CCN(c2cc(C3CC3)c3c(c2C#N)CC(C)(C)OC3)C[C@H]1C(C)C. The molecule has 34 heavy (non-hydrogen) atoms. The molecule has 1 aliphatic carbocycles. The van der Waals surface area contributed by atoms with Gasteiger partial charge in [0.25, 0.3) is 5.91 Å². The Hall–Kier alpha value is -2.85. The van der Waals surface area contributed by atoms with Gasteiger partial charge in [-0.05, 0) is 68.2 Å². The summed E-state index contributed by atoms with van der Waals surface area (Å²) in [5.41, 5.74) is 5.90. The second-order valence-corrected chi connectivity index (χ2v) is 11.0. The van der Waals surface area contributed by atoms with Gasteiger partial charge in [0.05, 0.1) is 35.2 Å². The first kappa shape index (κ1) is 22.9. The normalized spacial score (nSPS) is 22.0. The molecule has 7 heteroatoms. The summed E-state index contributed by atoms with van der Waals surface area (Å²) in [5, 5.41) is 10.3. The number of piperazine rings is 1. The number of oxazole rings is 1. The van der Waals surface area contributed by atoms with Crippen LogP contribution in [0, 0.1) is 24.2 Å². The minimum Gasteiger partial charge on any atom is -0.438 e. The van der Waals surface area contributed by atoms with E-state index >= 15 is 0 Å². The zero-order valence-corrected chi connectivity index (χ0v) is 20.9. The van der Waals surface area contributed by atoms with Gasteiger partial charge < -0.3 is 19.0 Å². The first-order chi connectivity index (χ1) is 16.2. The number of hydrogen-bond donors (Lipinski definition) is 0. The second-order valence-electron chi connectivity index (χ2n) is 11.0. The van der Waals surface area contributed by atoms with Crippen LogP contribution in [0.1, 0.15) is 85.0 Å². The van der Waals surface area contributed by atoms with E-state index in [1.165, 1.54) is 30.4 Å². The molecule has 1 amide bonds. The van der Waals surface area contributed by atoms with Crippen molar-refractivity contribution in [2.45, 2.75) is 78.0 Å². The van der Waals surface area contributed by atoms with Crippen LogP contribution in [0.15, 0.2) is 16.9 Å². The third kappa shape index (κ3) is 3.98. The lowest BCUT2D eigenvalue weighted by atomic mass is 9.83. The highest BCUT2D eigenvalue weighted by atomic mass is 16.5. The van der Waals surface area contributed by atoms with Crippen molar-refractivity contribution in [2.24, 2.45) is 5.92 Å². The molecule has 0 unspecified atom stereocenters. The number of nitriles is 1. The van der Waals surface area contributed by atoms with E-state index in [-0.39, 0.29) is 23.5 Å². The zero-order valence-electron chi connectivity index (χ0n) is 20.9. The molecule has 3 aliphatic rings. The van der Waals surface area contributed by atoms with E-state index in [4.69, 9.17) is 9.15 Å². The van der Waals surface area contributed by atoms with Gasteiger partial charge in [0, 0.05) is 26.1 Å². The second kappa shape index (κ2) is 8.42. The van der Waals surface area contributed by atoms with Gasteiger partial charge in [0.1, 0.15) is 6.07 Å². The summed E-state index contributed by atoms with van der Waals surface area (Å²) in [4.78, 5) is 21.6. The Kier molecular flexibility index (Phi) is 5.68. The van der Waals surface area contributed by atoms with Gasteiger partial charge in [-0.25, -0.2) is 4.98 Å². The maximum Gasteiger partial charge on any atom is 0.291 e. The summed E-state index contributed by atoms with van der Waals surface area (Å²) in [6.45, 7) is 12.8. The van der Waals surface area contributed by atoms with E-state index in [1.54, 1.807) is 6.92 Å². The monoisotopic (exact) mass is 462 g/mol. The lowest BCUT2D eigenvalue weighted by molar-refractivity contribution is -0.0405. The van der Waals surface area contributed by atoms with Crippen molar-refractivity contribution in [1.82, 2.24) is 9.88 Å². The van der Waals surface area contributed by atoms with Crippen LogP contribution in [-0.2, 0) is 17.8 Å². The fraction of sp³-hybridized carbons (Fsp3) is 0.593. The van der Waals surface area contributed by atoms with Crippen molar-refractivity contribution in [3.63, 3.8) is 0 Å². The van der Waals surface area contributed by atoms with Crippen molar-refractivity contribution >= 4 is 11.6 Å². The van der Waals surface area contributed by atoms with E-state index in [0.717, 1.165) is 23.2 Å². The largest absolute Gasteiger partial charge is 0.438 e. The predicted molar refractivity (Wildman–Crippen MR) is 129 cm³/mol. The van der Waals surface area contributed by atoms with Crippen LogP contribution in [0.2, 0.25) is 0 Å². The lowest BCUT2D eigenvalue weighted by Gasteiger charge is -2.45. The predicted octanol–water partition coefficient (Wildman–Crippen LogP) is 4.57. The molecule has 1 saturated carbocycles. The molecule has 1 saturated heterocycles. The van der Waals surface area contributed by atoms with E-state index in [9.17, 15) is 10.1 Å². The lowest BCUT2D eigenvalue weighted by Crippen LogP contribution is -2.57. The molecule has 5 rings (SSSR count). The highest BCUT2D eigenvalue weighted by Gasteiger charge is 2.39. The molecule has 0 radical (unpaired) electrons. The third-order valence-electron chi connectivity index (χ3n) is 7.63. The average molecular weight is 463 g/mol. The van der Waals surface area contributed by atoms with E-state index < -0.39 is 0 Å². The highest BCUT2D eigenvalue weighted by Crippen LogP contribution is 2.47. The maximum atomic E-state index is 13.3. The Bertz CT molecular complexity index is 1160. The fourth-order valence-corrected chi connectivity index (χ4v) is 5.52. The molecule has 0 bridgehead atoms. The van der Waals surface area contributed by atoms with Crippen molar-refractivity contribution in [2.75, 3.05) is 24.5 Å². The maximum absolute atomic E-state index is 13.3. The molecule has 1 atom stereocenters. The van der Waals surface area contributed by atoms with Gasteiger partial charge in [-0.3, -0.25) is 4.79 Å². The number of nitrogens with zero attached hydrogens (tertiary/aromatic N) is 4. The van der Waals surface area contributed by atoms with E-state index in [2.05, 4.69) is 49.7 Å². The van der Waals surface area contributed by atoms with Gasteiger partial charge in [0.15, 0.2) is 6.39 Å². The van der Waals surface area contributed by atoms with Crippen molar-refractivity contribution in [3.8, 4) is 6.07 Å². The molecule has 1 aromatic heterocycles. The van der Waals surface area contributed by atoms with Crippen molar-refractivity contribution < 1.29 is 13.9 Å². The number of aromatic nitrogens is 1. The molecule has 0 spiro atoms. The number of benzene rings is 1. The highest BCUT2D eigenvalue weighted by molar-refractivity contribution is 5.93. The Labute approximate surface area is 201 Å². The Balaban J connectivity index is 1.51. The minimum absolute atomic E-state index is 0.0116. The van der Waals surface area contributed by atoms with Gasteiger partial charge in [-0.1, -0.05) is 13.8 Å². The molecule has 7 nitrogen and oxygen atoms in total. The number of rotatable bonds is 4. The number of hydrogen-bond acceptors (Lipinski definition) is 6. The number of amides is 1. The molecule has 3 heterocycles. The first-order valence-electron chi connectivity index (χ1n) is 12.4. The Morgan fingerprint density at radius 1 is 1.26 bits per heavy atom. The molecule has 2 aliphatic heterocycles. The first-order valence-corrected chi connectivity index (χ1v) is 12.4. The summed E-state index contributed by atoms with van der Waals surface area (Å²) < 4.78 is 11.6. The molecule has 2 aromatic rings. The molecule has 180 valence electrons.